The van der Waals surface area contributed by atoms with Crippen LogP contribution in [0.2, 0.25) is 0 Å². The van der Waals surface area contributed by atoms with Crippen LogP contribution in [0.25, 0.3) is 10.2 Å². The van der Waals surface area contributed by atoms with Crippen molar-refractivity contribution in [3.05, 3.63) is 41.5 Å². The first-order valence-electron chi connectivity index (χ1n) is 7.96. The van der Waals surface area contributed by atoms with E-state index in [0.717, 1.165) is 4.70 Å². The first-order chi connectivity index (χ1) is 12.8. The van der Waals surface area contributed by atoms with Crippen molar-refractivity contribution in [1.29, 1.82) is 0 Å². The lowest BCUT2D eigenvalue weighted by Crippen LogP contribution is -2.16. The summed E-state index contributed by atoms with van der Waals surface area (Å²) in [5.41, 5.74) is 1.51. The van der Waals surface area contributed by atoms with Crippen LogP contribution in [0.3, 0.4) is 0 Å². The van der Waals surface area contributed by atoms with Gasteiger partial charge in [0.05, 0.1) is 15.1 Å². The number of anilines is 1. The largest absolute Gasteiger partial charge is 0.486 e. The number of nitrogens with zero attached hydrogens (tertiary/aromatic N) is 1. The van der Waals surface area contributed by atoms with Crippen LogP contribution in [0.5, 0.6) is 11.5 Å². The number of aryl methyl sites for hydroxylation is 1. The molecular formula is C17H15N3O5S2. The Bertz CT molecular complexity index is 1130. The minimum Gasteiger partial charge on any atom is -0.486 e. The molecule has 0 bridgehead atoms. The molecule has 3 N–H and O–H groups in total. The van der Waals surface area contributed by atoms with Gasteiger partial charge < -0.3 is 9.47 Å². The standard InChI is InChI=1S/C17H15N3O5S2/c1-9-2-3-10(27(18,22)23)6-11(9)16(21)20-17-19-12-7-13-14(8-15(12)26-17)25-5-4-24-13/h2-3,6-8H,4-5H2,1H3,(H2,18,22,23)(H,19,20,21). The van der Waals surface area contributed by atoms with Crippen LogP contribution in [0.1, 0.15) is 15.9 Å². The van der Waals surface area contributed by atoms with Gasteiger partial charge in [-0.25, -0.2) is 18.5 Å². The number of rotatable bonds is 3. The van der Waals surface area contributed by atoms with Crippen molar-refractivity contribution in [3.63, 3.8) is 0 Å². The average Bonchev–Trinajstić information content (AvgIpc) is 2.99. The smallest absolute Gasteiger partial charge is 0.257 e. The highest BCUT2D eigenvalue weighted by Gasteiger charge is 2.18. The van der Waals surface area contributed by atoms with E-state index in [2.05, 4.69) is 10.3 Å². The Morgan fingerprint density at radius 1 is 1.19 bits per heavy atom. The van der Waals surface area contributed by atoms with Crippen LogP contribution in [0.4, 0.5) is 5.13 Å². The molecular weight excluding hydrogens is 390 g/mol. The number of aromatic nitrogens is 1. The number of carbonyl (C=O) groups is 1. The molecule has 2 heterocycles. The summed E-state index contributed by atoms with van der Waals surface area (Å²) in [6, 6.07) is 7.75. The van der Waals surface area contributed by atoms with E-state index in [4.69, 9.17) is 14.6 Å². The number of nitrogens with two attached hydrogens (primary N) is 1. The van der Waals surface area contributed by atoms with Gasteiger partial charge >= 0.3 is 0 Å². The maximum Gasteiger partial charge on any atom is 0.257 e. The lowest BCUT2D eigenvalue weighted by molar-refractivity contribution is 0.102. The molecule has 8 nitrogen and oxygen atoms in total. The molecule has 0 atom stereocenters. The summed E-state index contributed by atoms with van der Waals surface area (Å²) in [5, 5.41) is 8.24. The van der Waals surface area contributed by atoms with Crippen molar-refractivity contribution in [2.75, 3.05) is 18.5 Å². The maximum absolute atomic E-state index is 12.6. The molecule has 1 aromatic heterocycles. The topological polar surface area (TPSA) is 121 Å². The molecule has 0 saturated heterocycles. The van der Waals surface area contributed by atoms with E-state index in [1.54, 1.807) is 13.0 Å². The van der Waals surface area contributed by atoms with Gasteiger partial charge in [0.2, 0.25) is 10.0 Å². The van der Waals surface area contributed by atoms with Crippen molar-refractivity contribution in [2.24, 2.45) is 5.14 Å². The Kier molecular flexibility index (Phi) is 4.25. The van der Waals surface area contributed by atoms with Gasteiger partial charge in [-0.3, -0.25) is 10.1 Å². The predicted octanol–water partition coefficient (Wildman–Crippen LogP) is 2.28. The number of ether oxygens (including phenoxy) is 2. The first-order valence-corrected chi connectivity index (χ1v) is 10.3. The molecule has 2 aromatic carbocycles. The van der Waals surface area contributed by atoms with Crippen LogP contribution >= 0.6 is 11.3 Å². The molecule has 1 amide bonds. The van der Waals surface area contributed by atoms with E-state index in [1.165, 1.54) is 29.5 Å². The molecule has 0 spiro atoms. The third-order valence-electron chi connectivity index (χ3n) is 4.06. The van der Waals surface area contributed by atoms with E-state index in [0.29, 0.717) is 40.9 Å². The lowest BCUT2D eigenvalue weighted by atomic mass is 10.1. The number of carbonyl (C=O) groups excluding carboxylic acids is 1. The summed E-state index contributed by atoms with van der Waals surface area (Å²) < 4.78 is 35.0. The number of primary sulfonamides is 1. The molecule has 0 fully saturated rings. The maximum atomic E-state index is 12.6. The lowest BCUT2D eigenvalue weighted by Gasteiger charge is -2.17. The van der Waals surface area contributed by atoms with Gasteiger partial charge in [0, 0.05) is 17.7 Å². The zero-order valence-corrected chi connectivity index (χ0v) is 15.8. The minimum absolute atomic E-state index is 0.121. The van der Waals surface area contributed by atoms with Crippen molar-refractivity contribution in [2.45, 2.75) is 11.8 Å². The third kappa shape index (κ3) is 3.46. The highest BCUT2D eigenvalue weighted by atomic mass is 32.2. The second kappa shape index (κ2) is 6.48. The zero-order valence-electron chi connectivity index (χ0n) is 14.2. The summed E-state index contributed by atoms with van der Waals surface area (Å²) in [6.45, 7) is 2.68. The van der Waals surface area contributed by atoms with Crippen LogP contribution in [0, 0.1) is 6.92 Å². The molecule has 1 aliphatic heterocycles. The van der Waals surface area contributed by atoms with Crippen LogP contribution in [-0.4, -0.2) is 32.5 Å². The van der Waals surface area contributed by atoms with Gasteiger partial charge in [0.15, 0.2) is 16.6 Å². The fourth-order valence-corrected chi connectivity index (χ4v) is 4.12. The van der Waals surface area contributed by atoms with Gasteiger partial charge in [-0.2, -0.15) is 0 Å². The molecule has 0 aliphatic carbocycles. The van der Waals surface area contributed by atoms with Crippen LogP contribution in [-0.2, 0) is 10.0 Å². The number of hydrogen-bond acceptors (Lipinski definition) is 7. The molecule has 140 valence electrons. The van der Waals surface area contributed by atoms with Gasteiger partial charge in [-0.15, -0.1) is 0 Å². The number of hydrogen-bond donors (Lipinski definition) is 2. The summed E-state index contributed by atoms with van der Waals surface area (Å²) in [6.07, 6.45) is 0. The number of thiazole rings is 1. The second-order valence-corrected chi connectivity index (χ2v) is 8.55. The normalized spacial score (nSPS) is 13.6. The van der Waals surface area contributed by atoms with Crippen molar-refractivity contribution in [1.82, 2.24) is 4.98 Å². The molecule has 0 saturated carbocycles. The zero-order chi connectivity index (χ0) is 19.2. The SMILES string of the molecule is Cc1ccc(S(N)(=O)=O)cc1C(=O)Nc1nc2cc3c(cc2s1)OCCO3. The summed E-state index contributed by atoms with van der Waals surface area (Å²) in [4.78, 5) is 16.9. The molecule has 27 heavy (non-hydrogen) atoms. The minimum atomic E-state index is -3.90. The highest BCUT2D eigenvalue weighted by molar-refractivity contribution is 7.89. The Labute approximate surface area is 159 Å². The monoisotopic (exact) mass is 405 g/mol. The molecule has 0 unspecified atom stereocenters. The first kappa shape index (κ1) is 17.7. The predicted molar refractivity (Wildman–Crippen MR) is 101 cm³/mol. The number of benzene rings is 2. The summed E-state index contributed by atoms with van der Waals surface area (Å²) in [7, 11) is -3.90. The summed E-state index contributed by atoms with van der Waals surface area (Å²) in [5.74, 6) is 0.801. The number of nitrogens with one attached hydrogen (secondary N) is 1. The van der Waals surface area contributed by atoms with Gasteiger partial charge in [0.25, 0.3) is 5.91 Å². The molecule has 0 radical (unpaired) electrons. The fraction of sp³-hybridized carbons (Fsp3) is 0.176. The van der Waals surface area contributed by atoms with Crippen molar-refractivity contribution in [3.8, 4) is 11.5 Å². The fourth-order valence-electron chi connectivity index (χ4n) is 2.71. The number of sulfonamides is 1. The van der Waals surface area contributed by atoms with Crippen molar-refractivity contribution >= 4 is 42.6 Å². The Balaban J connectivity index is 1.65. The number of fused-ring (bicyclic) bond motifs is 2. The van der Waals surface area contributed by atoms with E-state index in [-0.39, 0.29) is 10.5 Å². The van der Waals surface area contributed by atoms with Crippen molar-refractivity contribution < 1.29 is 22.7 Å². The van der Waals surface area contributed by atoms with Gasteiger partial charge in [0.1, 0.15) is 13.2 Å². The van der Waals surface area contributed by atoms with Gasteiger partial charge in [-0.05, 0) is 24.6 Å². The molecule has 10 heteroatoms. The van der Waals surface area contributed by atoms with Gasteiger partial charge in [-0.1, -0.05) is 17.4 Å². The molecule has 1 aliphatic rings. The van der Waals surface area contributed by atoms with E-state index >= 15 is 0 Å². The highest BCUT2D eigenvalue weighted by Crippen LogP contribution is 2.38. The molecule has 3 aromatic rings. The second-order valence-electron chi connectivity index (χ2n) is 5.96. The van der Waals surface area contributed by atoms with E-state index in [9.17, 15) is 13.2 Å². The van der Waals surface area contributed by atoms with E-state index in [1.807, 2.05) is 6.07 Å². The quantitative estimate of drug-likeness (QED) is 0.690. The summed E-state index contributed by atoms with van der Waals surface area (Å²) >= 11 is 1.29. The number of amides is 1. The molecule has 4 rings (SSSR count). The average molecular weight is 405 g/mol. The van der Waals surface area contributed by atoms with Crippen LogP contribution in [0.15, 0.2) is 35.2 Å². The van der Waals surface area contributed by atoms with E-state index < -0.39 is 15.9 Å². The Morgan fingerprint density at radius 2 is 1.89 bits per heavy atom. The third-order valence-corrected chi connectivity index (χ3v) is 5.90. The Hall–Kier alpha value is -2.69. The Morgan fingerprint density at radius 3 is 2.59 bits per heavy atom. The van der Waals surface area contributed by atoms with Crippen LogP contribution < -0.4 is 19.9 Å².